The Bertz CT molecular complexity index is 795. The maximum Gasteiger partial charge on any atom is 0.242 e. The summed E-state index contributed by atoms with van der Waals surface area (Å²) < 4.78 is 0. The number of carbonyl (C=O) groups excluding carboxylic acids is 2. The Morgan fingerprint density at radius 1 is 1.07 bits per heavy atom. The van der Waals surface area contributed by atoms with Crippen molar-refractivity contribution in [3.8, 4) is 0 Å². The van der Waals surface area contributed by atoms with Crippen LogP contribution in [0.1, 0.15) is 43.4 Å². The fraction of sp³-hybridized carbons (Fsp3) is 0.440. The van der Waals surface area contributed by atoms with E-state index in [4.69, 9.17) is 0 Å². The molecule has 0 aliphatic heterocycles. The average molecular weight is 427 g/mol. The summed E-state index contributed by atoms with van der Waals surface area (Å²) in [6.07, 6.45) is 2.71. The van der Waals surface area contributed by atoms with Gasteiger partial charge in [-0.25, -0.2) is 0 Å². The lowest BCUT2D eigenvalue weighted by Gasteiger charge is -2.28. The maximum absolute atomic E-state index is 13.0. The lowest BCUT2D eigenvalue weighted by atomic mass is 10.1. The number of carbonyl (C=O) groups is 2. The summed E-state index contributed by atoms with van der Waals surface area (Å²) >= 11 is 1.60. The number of hydrogen-bond donors (Lipinski definition) is 1. The van der Waals surface area contributed by atoms with Gasteiger partial charge in [0.25, 0.3) is 0 Å². The molecule has 0 fully saturated rings. The molecule has 0 heterocycles. The van der Waals surface area contributed by atoms with E-state index < -0.39 is 6.04 Å². The first-order valence-electron chi connectivity index (χ1n) is 10.8. The van der Waals surface area contributed by atoms with Crippen molar-refractivity contribution in [1.29, 1.82) is 0 Å². The molecular weight excluding hydrogens is 392 g/mol. The van der Waals surface area contributed by atoms with Gasteiger partial charge in [0.15, 0.2) is 0 Å². The van der Waals surface area contributed by atoms with E-state index in [9.17, 15) is 9.59 Å². The van der Waals surface area contributed by atoms with Crippen molar-refractivity contribution < 1.29 is 9.59 Å². The number of benzene rings is 2. The van der Waals surface area contributed by atoms with Crippen LogP contribution >= 0.6 is 11.8 Å². The van der Waals surface area contributed by atoms with Crippen LogP contribution in [-0.2, 0) is 21.8 Å². The van der Waals surface area contributed by atoms with Crippen LogP contribution in [0.3, 0.4) is 0 Å². The van der Waals surface area contributed by atoms with Crippen LogP contribution in [-0.4, -0.2) is 41.6 Å². The lowest BCUT2D eigenvalue weighted by molar-refractivity contribution is -0.137. The average Bonchev–Trinajstić information content (AvgIpc) is 2.74. The van der Waals surface area contributed by atoms with Crippen LogP contribution in [0.25, 0.3) is 0 Å². The molecule has 0 aromatic heterocycles. The smallest absolute Gasteiger partial charge is 0.242 e. The second-order valence-corrected chi connectivity index (χ2v) is 8.61. The highest BCUT2D eigenvalue weighted by molar-refractivity contribution is 7.99. The predicted octanol–water partition coefficient (Wildman–Crippen LogP) is 4.60. The number of amides is 2. The van der Waals surface area contributed by atoms with Crippen LogP contribution in [0.2, 0.25) is 0 Å². The molecule has 0 radical (unpaired) electrons. The Kier molecular flexibility index (Phi) is 10.5. The summed E-state index contributed by atoms with van der Waals surface area (Å²) in [7, 11) is 0. The summed E-state index contributed by atoms with van der Waals surface area (Å²) in [6, 6.07) is 18.0. The first-order chi connectivity index (χ1) is 14.5. The zero-order valence-electron chi connectivity index (χ0n) is 18.4. The molecule has 0 spiro atoms. The number of nitrogens with zero attached hydrogens (tertiary/aromatic N) is 1. The van der Waals surface area contributed by atoms with E-state index in [1.807, 2.05) is 31.2 Å². The van der Waals surface area contributed by atoms with Gasteiger partial charge >= 0.3 is 0 Å². The molecule has 2 amide bonds. The Hall–Kier alpha value is -2.27. The van der Waals surface area contributed by atoms with Gasteiger partial charge < -0.3 is 10.2 Å². The fourth-order valence-corrected chi connectivity index (χ4v) is 4.10. The Labute approximate surface area is 185 Å². The Morgan fingerprint density at radius 2 is 1.80 bits per heavy atom. The minimum absolute atomic E-state index is 0.0155. The summed E-state index contributed by atoms with van der Waals surface area (Å²) in [4.78, 5) is 27.4. The number of hydrogen-bond acceptors (Lipinski definition) is 3. The highest BCUT2D eigenvalue weighted by Gasteiger charge is 2.25. The van der Waals surface area contributed by atoms with Gasteiger partial charge in [-0.15, -0.1) is 11.8 Å². The van der Waals surface area contributed by atoms with Gasteiger partial charge in [-0.1, -0.05) is 73.5 Å². The third-order valence-corrected chi connectivity index (χ3v) is 6.05. The van der Waals surface area contributed by atoms with Crippen molar-refractivity contribution in [2.24, 2.45) is 0 Å². The molecule has 1 N–H and O–H groups in total. The molecule has 1 unspecified atom stereocenters. The minimum Gasteiger partial charge on any atom is -0.354 e. The number of aryl methyl sites for hydroxylation is 1. The lowest BCUT2D eigenvalue weighted by Crippen LogP contribution is -2.49. The van der Waals surface area contributed by atoms with Gasteiger partial charge in [-0.3, -0.25) is 9.59 Å². The SMILES string of the molecule is CCCCNC(=O)C(C)N(CCc1ccccc1)C(=O)CSCc1cccc(C)c1. The molecule has 4 nitrogen and oxygen atoms in total. The van der Waals surface area contributed by atoms with E-state index in [1.165, 1.54) is 16.7 Å². The zero-order valence-corrected chi connectivity index (χ0v) is 19.2. The fourth-order valence-electron chi connectivity index (χ4n) is 3.25. The quantitative estimate of drug-likeness (QED) is 0.505. The molecule has 30 heavy (non-hydrogen) atoms. The van der Waals surface area contributed by atoms with Crippen LogP contribution in [0.5, 0.6) is 0 Å². The third kappa shape index (κ3) is 8.23. The van der Waals surface area contributed by atoms with E-state index in [-0.39, 0.29) is 11.8 Å². The first kappa shape index (κ1) is 24.0. The van der Waals surface area contributed by atoms with Crippen LogP contribution < -0.4 is 5.32 Å². The second kappa shape index (κ2) is 13.1. The van der Waals surface area contributed by atoms with Gasteiger partial charge in [0.05, 0.1) is 5.75 Å². The maximum atomic E-state index is 13.0. The molecular formula is C25H34N2O2S. The third-order valence-electron chi connectivity index (χ3n) is 5.06. The van der Waals surface area contributed by atoms with Gasteiger partial charge in [-0.2, -0.15) is 0 Å². The molecule has 0 saturated heterocycles. The Balaban J connectivity index is 1.97. The monoisotopic (exact) mass is 426 g/mol. The van der Waals surface area contributed by atoms with Crippen molar-refractivity contribution in [2.75, 3.05) is 18.8 Å². The largest absolute Gasteiger partial charge is 0.354 e. The second-order valence-electron chi connectivity index (χ2n) is 7.63. The highest BCUT2D eigenvalue weighted by Crippen LogP contribution is 2.15. The summed E-state index contributed by atoms with van der Waals surface area (Å²) in [5.74, 6) is 1.10. The van der Waals surface area contributed by atoms with Gasteiger partial charge in [-0.05, 0) is 37.8 Å². The number of rotatable bonds is 12. The van der Waals surface area contributed by atoms with Gasteiger partial charge in [0.2, 0.25) is 11.8 Å². The van der Waals surface area contributed by atoms with Crippen molar-refractivity contribution in [1.82, 2.24) is 10.2 Å². The predicted molar refractivity (Wildman–Crippen MR) is 127 cm³/mol. The van der Waals surface area contributed by atoms with Crippen LogP contribution in [0.4, 0.5) is 0 Å². The molecule has 0 bridgehead atoms. The molecule has 162 valence electrons. The molecule has 2 aromatic rings. The first-order valence-corrected chi connectivity index (χ1v) is 11.9. The number of thioether (sulfide) groups is 1. The number of nitrogens with one attached hydrogen (secondary N) is 1. The Morgan fingerprint density at radius 3 is 2.50 bits per heavy atom. The topological polar surface area (TPSA) is 49.4 Å². The van der Waals surface area contributed by atoms with Crippen molar-refractivity contribution in [3.63, 3.8) is 0 Å². The summed E-state index contributed by atoms with van der Waals surface area (Å²) in [5, 5.41) is 2.97. The molecule has 2 rings (SSSR count). The number of unbranched alkanes of at least 4 members (excludes halogenated alkanes) is 1. The molecule has 1 atom stereocenters. The molecule has 5 heteroatoms. The molecule has 0 saturated carbocycles. The van der Waals surface area contributed by atoms with Crippen molar-refractivity contribution in [2.45, 2.75) is 51.8 Å². The summed E-state index contributed by atoms with van der Waals surface area (Å²) in [5.41, 5.74) is 3.61. The highest BCUT2D eigenvalue weighted by atomic mass is 32.2. The zero-order chi connectivity index (χ0) is 21.8. The van der Waals surface area contributed by atoms with Gasteiger partial charge in [0, 0.05) is 18.8 Å². The van der Waals surface area contributed by atoms with Crippen molar-refractivity contribution >= 4 is 23.6 Å². The van der Waals surface area contributed by atoms with E-state index >= 15 is 0 Å². The van der Waals surface area contributed by atoms with Gasteiger partial charge in [0.1, 0.15) is 6.04 Å². The summed E-state index contributed by atoms with van der Waals surface area (Å²) in [6.45, 7) is 7.19. The van der Waals surface area contributed by atoms with E-state index in [0.29, 0.717) is 18.8 Å². The normalized spacial score (nSPS) is 11.7. The molecule has 0 aliphatic carbocycles. The van der Waals surface area contributed by atoms with Crippen molar-refractivity contribution in [3.05, 3.63) is 71.3 Å². The van der Waals surface area contributed by atoms with Crippen LogP contribution in [0.15, 0.2) is 54.6 Å². The van der Waals surface area contributed by atoms with E-state index in [2.05, 4.69) is 49.5 Å². The minimum atomic E-state index is -0.474. The molecule has 2 aromatic carbocycles. The van der Waals surface area contributed by atoms with Crippen LogP contribution in [0, 0.1) is 6.92 Å². The van der Waals surface area contributed by atoms with E-state index in [1.54, 1.807) is 16.7 Å². The molecule has 0 aliphatic rings. The van der Waals surface area contributed by atoms with E-state index in [0.717, 1.165) is 25.0 Å². The standard InChI is InChI=1S/C25H34N2O2S/c1-4-5-15-26-25(29)21(3)27(16-14-22-11-7-6-8-12-22)24(28)19-30-18-23-13-9-10-20(2)17-23/h6-13,17,21H,4-5,14-16,18-19H2,1-3H3,(H,26,29).